The molecule has 0 saturated heterocycles. The van der Waals surface area contributed by atoms with Gasteiger partial charge in [0.1, 0.15) is 6.17 Å². The van der Waals surface area contributed by atoms with E-state index in [-0.39, 0.29) is 5.91 Å². The highest BCUT2D eigenvalue weighted by molar-refractivity contribution is 6.42. The van der Waals surface area contributed by atoms with E-state index in [2.05, 4.69) is 5.32 Å². The van der Waals surface area contributed by atoms with Crippen molar-refractivity contribution in [2.75, 3.05) is 25.6 Å². The summed E-state index contributed by atoms with van der Waals surface area (Å²) in [6.45, 7) is 0.883. The van der Waals surface area contributed by atoms with E-state index in [1.165, 1.54) is 0 Å². The summed E-state index contributed by atoms with van der Waals surface area (Å²) in [6, 6.07) is 12.8. The number of nitrogens with zero attached hydrogens (tertiary/aromatic N) is 1. The van der Waals surface area contributed by atoms with Gasteiger partial charge in [0.2, 0.25) is 0 Å². The van der Waals surface area contributed by atoms with Crippen molar-refractivity contribution in [2.24, 2.45) is 0 Å². The number of amides is 1. The molecule has 0 fully saturated rings. The first kappa shape index (κ1) is 16.1. The standard InChI is InChI=1S/C17H16Cl2N2O2/c1-23-10-9-21-16(12-6-4-7-13(18)15(12)19)20-14-8-3-2-5-11(14)17(21)22/h2-8,16,20H,9-10H2,1H3/t16-/m0/s1. The second-order valence-corrected chi connectivity index (χ2v) is 6.01. The number of rotatable bonds is 4. The molecule has 1 heterocycles. The summed E-state index contributed by atoms with van der Waals surface area (Å²) in [4.78, 5) is 14.6. The number of ether oxygens (including phenoxy) is 1. The molecule has 1 aliphatic rings. The Morgan fingerprint density at radius 3 is 2.74 bits per heavy atom. The Morgan fingerprint density at radius 1 is 1.17 bits per heavy atom. The van der Waals surface area contributed by atoms with Crippen LogP contribution in [0.1, 0.15) is 22.1 Å². The lowest BCUT2D eigenvalue weighted by Gasteiger charge is -2.38. The van der Waals surface area contributed by atoms with Crippen molar-refractivity contribution in [3.63, 3.8) is 0 Å². The van der Waals surface area contributed by atoms with Gasteiger partial charge in [-0.15, -0.1) is 0 Å². The van der Waals surface area contributed by atoms with Gasteiger partial charge in [-0.1, -0.05) is 47.5 Å². The third-order valence-corrected chi connectivity index (χ3v) is 4.67. The predicted octanol–water partition coefficient (Wildman–Crippen LogP) is 4.21. The number of carbonyl (C=O) groups is 1. The van der Waals surface area contributed by atoms with E-state index in [9.17, 15) is 4.79 Å². The van der Waals surface area contributed by atoms with E-state index in [0.717, 1.165) is 11.3 Å². The molecule has 2 aromatic rings. The van der Waals surface area contributed by atoms with Crippen molar-refractivity contribution in [1.29, 1.82) is 0 Å². The van der Waals surface area contributed by atoms with Gasteiger partial charge in [-0.05, 0) is 18.2 Å². The summed E-state index contributed by atoms with van der Waals surface area (Å²) in [6.07, 6.45) is -0.390. The van der Waals surface area contributed by atoms with Gasteiger partial charge >= 0.3 is 0 Å². The summed E-state index contributed by atoms with van der Waals surface area (Å²) < 4.78 is 5.14. The summed E-state index contributed by atoms with van der Waals surface area (Å²) in [5.74, 6) is -0.0579. The Bertz CT molecular complexity index is 736. The van der Waals surface area contributed by atoms with Gasteiger partial charge in [0.25, 0.3) is 5.91 Å². The Hall–Kier alpha value is -1.75. The minimum absolute atomic E-state index is 0.0579. The lowest BCUT2D eigenvalue weighted by atomic mass is 10.0. The Morgan fingerprint density at radius 2 is 1.96 bits per heavy atom. The molecule has 0 saturated carbocycles. The average molecular weight is 351 g/mol. The smallest absolute Gasteiger partial charge is 0.257 e. The number of carbonyl (C=O) groups excluding carboxylic acids is 1. The molecule has 0 aromatic heterocycles. The number of para-hydroxylation sites is 1. The van der Waals surface area contributed by atoms with Crippen LogP contribution in [-0.2, 0) is 4.74 Å². The number of halogens is 2. The number of benzene rings is 2. The summed E-state index contributed by atoms with van der Waals surface area (Å²) in [5, 5.41) is 4.28. The number of nitrogens with one attached hydrogen (secondary N) is 1. The molecule has 0 aliphatic carbocycles. The van der Waals surface area contributed by atoms with E-state index in [1.807, 2.05) is 30.3 Å². The number of methoxy groups -OCH3 is 1. The van der Waals surface area contributed by atoms with Crippen LogP contribution in [0.3, 0.4) is 0 Å². The first-order chi connectivity index (χ1) is 11.1. The van der Waals surface area contributed by atoms with Gasteiger partial charge in [0.15, 0.2) is 0 Å². The van der Waals surface area contributed by atoms with Crippen LogP contribution in [0.15, 0.2) is 42.5 Å². The lowest BCUT2D eigenvalue weighted by molar-refractivity contribution is 0.0609. The van der Waals surface area contributed by atoms with E-state index < -0.39 is 6.17 Å². The second kappa shape index (κ2) is 6.79. The predicted molar refractivity (Wildman–Crippen MR) is 92.2 cm³/mol. The highest BCUT2D eigenvalue weighted by Gasteiger charge is 2.33. The second-order valence-electron chi connectivity index (χ2n) is 5.23. The molecule has 23 heavy (non-hydrogen) atoms. The van der Waals surface area contributed by atoms with Crippen LogP contribution in [0, 0.1) is 0 Å². The van der Waals surface area contributed by atoms with Crippen molar-refractivity contribution in [1.82, 2.24) is 4.90 Å². The molecule has 120 valence electrons. The van der Waals surface area contributed by atoms with Crippen LogP contribution in [0.25, 0.3) is 0 Å². The van der Waals surface area contributed by atoms with E-state index in [4.69, 9.17) is 27.9 Å². The molecule has 1 N–H and O–H groups in total. The number of anilines is 1. The number of hydrogen-bond acceptors (Lipinski definition) is 3. The summed E-state index contributed by atoms with van der Waals surface area (Å²) in [5.41, 5.74) is 2.18. The highest BCUT2D eigenvalue weighted by Crippen LogP contribution is 2.37. The van der Waals surface area contributed by atoms with E-state index in [0.29, 0.717) is 28.8 Å². The van der Waals surface area contributed by atoms with Crippen molar-refractivity contribution >= 4 is 34.8 Å². The summed E-state index contributed by atoms with van der Waals surface area (Å²) in [7, 11) is 1.61. The van der Waals surface area contributed by atoms with Gasteiger partial charge in [-0.25, -0.2) is 0 Å². The maximum atomic E-state index is 12.9. The van der Waals surface area contributed by atoms with E-state index >= 15 is 0 Å². The Kier molecular flexibility index (Phi) is 4.76. The van der Waals surface area contributed by atoms with Gasteiger partial charge in [-0.3, -0.25) is 4.79 Å². The molecule has 2 aromatic carbocycles. The lowest BCUT2D eigenvalue weighted by Crippen LogP contribution is -2.44. The molecule has 0 spiro atoms. The first-order valence-corrected chi connectivity index (χ1v) is 7.98. The average Bonchev–Trinajstić information content (AvgIpc) is 2.56. The fourth-order valence-corrected chi connectivity index (χ4v) is 3.10. The van der Waals surface area contributed by atoms with Crippen molar-refractivity contribution in [2.45, 2.75) is 6.17 Å². The zero-order valence-electron chi connectivity index (χ0n) is 12.6. The summed E-state index contributed by atoms with van der Waals surface area (Å²) >= 11 is 12.5. The van der Waals surface area contributed by atoms with Crippen molar-refractivity contribution < 1.29 is 9.53 Å². The fraction of sp³-hybridized carbons (Fsp3) is 0.235. The highest BCUT2D eigenvalue weighted by atomic mass is 35.5. The van der Waals surface area contributed by atoms with Gasteiger partial charge < -0.3 is 15.0 Å². The van der Waals surface area contributed by atoms with Crippen LogP contribution < -0.4 is 5.32 Å². The van der Waals surface area contributed by atoms with Crippen LogP contribution >= 0.6 is 23.2 Å². The van der Waals surface area contributed by atoms with Crippen LogP contribution in [0.5, 0.6) is 0 Å². The minimum atomic E-state index is -0.390. The zero-order chi connectivity index (χ0) is 16.4. The Balaban J connectivity index is 2.06. The van der Waals surface area contributed by atoms with Gasteiger partial charge in [0.05, 0.1) is 22.2 Å². The SMILES string of the molecule is COCCN1C(=O)c2ccccc2N[C@@H]1c1cccc(Cl)c1Cl. The molecule has 3 rings (SSSR count). The maximum absolute atomic E-state index is 12.9. The topological polar surface area (TPSA) is 41.6 Å². The minimum Gasteiger partial charge on any atom is -0.383 e. The molecule has 0 unspecified atom stereocenters. The molecular weight excluding hydrogens is 335 g/mol. The fourth-order valence-electron chi connectivity index (χ4n) is 2.69. The third-order valence-electron chi connectivity index (χ3n) is 3.83. The van der Waals surface area contributed by atoms with Crippen molar-refractivity contribution in [3.8, 4) is 0 Å². The monoisotopic (exact) mass is 350 g/mol. The molecule has 6 heteroatoms. The molecular formula is C17H16Cl2N2O2. The molecule has 0 bridgehead atoms. The zero-order valence-corrected chi connectivity index (χ0v) is 14.1. The van der Waals surface area contributed by atoms with Crippen molar-refractivity contribution in [3.05, 3.63) is 63.6 Å². The molecule has 1 aliphatic heterocycles. The molecule has 1 atom stereocenters. The quantitative estimate of drug-likeness (QED) is 0.897. The number of fused-ring (bicyclic) bond motifs is 1. The maximum Gasteiger partial charge on any atom is 0.257 e. The Labute approximate surface area is 144 Å². The van der Waals surface area contributed by atoms with E-state index in [1.54, 1.807) is 24.1 Å². The molecule has 1 amide bonds. The van der Waals surface area contributed by atoms with Crippen LogP contribution in [-0.4, -0.2) is 31.1 Å². The normalized spacial score (nSPS) is 16.9. The molecule has 0 radical (unpaired) electrons. The van der Waals surface area contributed by atoms with Gasteiger partial charge in [0, 0.05) is 24.9 Å². The van der Waals surface area contributed by atoms with Gasteiger partial charge in [-0.2, -0.15) is 0 Å². The van der Waals surface area contributed by atoms with Crippen LogP contribution in [0.4, 0.5) is 5.69 Å². The number of hydrogen-bond donors (Lipinski definition) is 1. The largest absolute Gasteiger partial charge is 0.383 e. The molecule has 4 nitrogen and oxygen atoms in total. The van der Waals surface area contributed by atoms with Crippen LogP contribution in [0.2, 0.25) is 10.0 Å². The first-order valence-electron chi connectivity index (χ1n) is 7.23. The third kappa shape index (κ3) is 3.02.